The first kappa shape index (κ1) is 13.9. The van der Waals surface area contributed by atoms with Gasteiger partial charge >= 0.3 is 6.68 Å². The minimum absolute atomic E-state index is 0.222. The zero-order valence-corrected chi connectivity index (χ0v) is 10.6. The molecule has 0 unspecified atom stereocenters. The first-order valence-electron chi connectivity index (χ1n) is 5.57. The predicted octanol–water partition coefficient (Wildman–Crippen LogP) is 3.35. The summed E-state index contributed by atoms with van der Waals surface area (Å²) in [5.74, 6) is 0.222. The van der Waals surface area contributed by atoms with Crippen LogP contribution in [0.2, 0.25) is 0 Å². The average molecular weight is 288 g/mol. The highest BCUT2D eigenvalue weighted by atomic mass is 32.2. The molecule has 2 bridgehead atoms. The van der Waals surface area contributed by atoms with E-state index in [1.807, 2.05) is 24.3 Å². The van der Waals surface area contributed by atoms with Crippen LogP contribution in [-0.4, -0.2) is 20.8 Å². The Kier molecular flexibility index (Phi) is 3.80. The quantitative estimate of drug-likeness (QED) is 0.745. The van der Waals surface area contributed by atoms with Crippen LogP contribution in [0.15, 0.2) is 41.3 Å². The smallest absolute Gasteiger partial charge is 0.224 e. The molecule has 6 heteroatoms. The van der Waals surface area contributed by atoms with Crippen molar-refractivity contribution in [2.75, 3.05) is 5.75 Å². The van der Waals surface area contributed by atoms with Gasteiger partial charge in [0.2, 0.25) is 0 Å². The molecule has 1 aliphatic rings. The number of benzene rings is 2. The van der Waals surface area contributed by atoms with Crippen molar-refractivity contribution in [2.24, 2.45) is 0 Å². The van der Waals surface area contributed by atoms with E-state index < -0.39 is 16.5 Å². The van der Waals surface area contributed by atoms with Gasteiger partial charge < -0.3 is 0 Å². The molecule has 3 rings (SSSR count). The predicted molar refractivity (Wildman–Crippen MR) is 66.8 cm³/mol. The fourth-order valence-electron chi connectivity index (χ4n) is 2.08. The molecule has 0 amide bonds. The molecular formula is C13H11F3O2S. The summed E-state index contributed by atoms with van der Waals surface area (Å²) in [6, 6.07) is 11.5. The second-order valence-corrected chi connectivity index (χ2v) is 6.21. The van der Waals surface area contributed by atoms with Crippen molar-refractivity contribution in [3.63, 3.8) is 0 Å². The SMILES string of the molecule is FC(F)F.O=S1(=O)CCc2ccc3cccc1c3c2. The molecule has 0 saturated carbocycles. The number of aryl methyl sites for hydroxylation is 1. The van der Waals surface area contributed by atoms with E-state index in [1.54, 1.807) is 12.1 Å². The van der Waals surface area contributed by atoms with Crippen molar-refractivity contribution in [2.45, 2.75) is 18.0 Å². The van der Waals surface area contributed by atoms with Gasteiger partial charge in [-0.1, -0.05) is 24.3 Å². The highest BCUT2D eigenvalue weighted by Gasteiger charge is 2.20. The van der Waals surface area contributed by atoms with E-state index >= 15 is 0 Å². The van der Waals surface area contributed by atoms with E-state index in [1.165, 1.54) is 0 Å². The maximum Gasteiger partial charge on any atom is 0.379 e. The van der Waals surface area contributed by atoms with Crippen molar-refractivity contribution in [1.29, 1.82) is 0 Å². The standard InChI is InChI=1S/C12H10O2S.CHF3/c13-15(14)7-6-9-4-5-10-2-1-3-12(15)11(10)8-9;2-1(3)4/h1-5,8H,6-7H2;1H. The van der Waals surface area contributed by atoms with Crippen LogP contribution in [0.4, 0.5) is 13.2 Å². The van der Waals surface area contributed by atoms with Crippen LogP contribution >= 0.6 is 0 Å². The monoisotopic (exact) mass is 288 g/mol. The third-order valence-corrected chi connectivity index (χ3v) is 4.67. The van der Waals surface area contributed by atoms with Gasteiger partial charge in [0.1, 0.15) is 0 Å². The first-order valence-corrected chi connectivity index (χ1v) is 7.22. The molecule has 0 fully saturated rings. The molecule has 1 aliphatic heterocycles. The Hall–Kier alpha value is -1.56. The molecule has 0 spiro atoms. The Morgan fingerprint density at radius 3 is 2.42 bits per heavy atom. The van der Waals surface area contributed by atoms with E-state index in [4.69, 9.17) is 0 Å². The topological polar surface area (TPSA) is 34.1 Å². The summed E-state index contributed by atoms with van der Waals surface area (Å²) in [6.45, 7) is -3.67. The Morgan fingerprint density at radius 1 is 1.05 bits per heavy atom. The first-order chi connectivity index (χ1) is 8.90. The zero-order valence-electron chi connectivity index (χ0n) is 9.81. The highest BCUT2D eigenvalue weighted by molar-refractivity contribution is 7.91. The van der Waals surface area contributed by atoms with Crippen molar-refractivity contribution in [3.05, 3.63) is 42.0 Å². The summed E-state index contributed by atoms with van der Waals surface area (Å²) in [7, 11) is -3.09. The fourth-order valence-corrected chi connectivity index (χ4v) is 3.60. The normalized spacial score (nSPS) is 16.0. The number of fused-ring (bicyclic) bond motifs is 1. The molecule has 1 heterocycles. The minimum atomic E-state index is -3.67. The van der Waals surface area contributed by atoms with Crippen molar-refractivity contribution in [1.82, 2.24) is 0 Å². The van der Waals surface area contributed by atoms with Crippen LogP contribution in [0, 0.1) is 0 Å². The van der Waals surface area contributed by atoms with E-state index in [0.717, 1.165) is 16.3 Å². The van der Waals surface area contributed by atoms with Gasteiger partial charge in [-0.15, -0.1) is 0 Å². The molecule has 0 radical (unpaired) electrons. The highest BCUT2D eigenvalue weighted by Crippen LogP contribution is 2.28. The van der Waals surface area contributed by atoms with Crippen LogP contribution in [0.5, 0.6) is 0 Å². The molecule has 0 aliphatic carbocycles. The lowest BCUT2D eigenvalue weighted by molar-refractivity contribution is 0.00819. The van der Waals surface area contributed by atoms with E-state index in [2.05, 4.69) is 0 Å². The van der Waals surface area contributed by atoms with Gasteiger partial charge in [0.25, 0.3) is 0 Å². The molecule has 2 aromatic rings. The zero-order chi connectivity index (χ0) is 14.0. The number of rotatable bonds is 0. The lowest BCUT2D eigenvalue weighted by atomic mass is 10.1. The van der Waals surface area contributed by atoms with Crippen LogP contribution in [-0.2, 0) is 16.3 Å². The molecule has 2 nitrogen and oxygen atoms in total. The molecule has 102 valence electrons. The molecule has 0 atom stereocenters. The molecule has 2 aromatic carbocycles. The number of alkyl halides is 3. The molecule has 0 saturated heterocycles. The second kappa shape index (κ2) is 5.21. The van der Waals surface area contributed by atoms with Crippen LogP contribution < -0.4 is 0 Å². The van der Waals surface area contributed by atoms with E-state index in [9.17, 15) is 21.6 Å². The second-order valence-electron chi connectivity index (χ2n) is 4.13. The van der Waals surface area contributed by atoms with Gasteiger partial charge in [-0.3, -0.25) is 0 Å². The number of hydrogen-bond acceptors (Lipinski definition) is 2. The fraction of sp³-hybridized carbons (Fsp3) is 0.231. The summed E-state index contributed by atoms with van der Waals surface area (Å²) in [5, 5.41) is 1.87. The lowest BCUT2D eigenvalue weighted by Gasteiger charge is -2.03. The third-order valence-electron chi connectivity index (χ3n) is 2.90. The summed E-state index contributed by atoms with van der Waals surface area (Å²) < 4.78 is 52.9. The lowest BCUT2D eigenvalue weighted by Crippen LogP contribution is -2.06. The van der Waals surface area contributed by atoms with Gasteiger partial charge in [-0.2, -0.15) is 13.2 Å². The van der Waals surface area contributed by atoms with Crippen molar-refractivity contribution < 1.29 is 21.6 Å². The number of hydrogen-bond donors (Lipinski definition) is 0. The van der Waals surface area contributed by atoms with Crippen LogP contribution in [0.3, 0.4) is 0 Å². The Bertz CT molecular complexity index is 693. The Balaban J connectivity index is 0.000000297. The van der Waals surface area contributed by atoms with Crippen molar-refractivity contribution in [3.8, 4) is 0 Å². The van der Waals surface area contributed by atoms with Crippen LogP contribution in [0.25, 0.3) is 10.8 Å². The van der Waals surface area contributed by atoms with Gasteiger partial charge in [0, 0.05) is 5.39 Å². The molecule has 0 N–H and O–H groups in total. The van der Waals surface area contributed by atoms with Gasteiger partial charge in [-0.25, -0.2) is 8.42 Å². The molecule has 19 heavy (non-hydrogen) atoms. The van der Waals surface area contributed by atoms with Gasteiger partial charge in [0.05, 0.1) is 10.6 Å². The average Bonchev–Trinajstić information content (AvgIpc) is 2.45. The summed E-state index contributed by atoms with van der Waals surface area (Å²) >= 11 is 0. The number of halogens is 3. The Morgan fingerprint density at radius 2 is 1.74 bits per heavy atom. The van der Waals surface area contributed by atoms with E-state index in [0.29, 0.717) is 11.3 Å². The Labute approximate surface area is 108 Å². The summed E-state index contributed by atoms with van der Waals surface area (Å²) in [4.78, 5) is 0.486. The minimum Gasteiger partial charge on any atom is -0.224 e. The van der Waals surface area contributed by atoms with Gasteiger partial charge in [0.15, 0.2) is 9.84 Å². The molecule has 0 aromatic heterocycles. The molecular weight excluding hydrogens is 277 g/mol. The number of sulfone groups is 1. The maximum atomic E-state index is 12.0. The largest absolute Gasteiger partial charge is 0.379 e. The summed E-state index contributed by atoms with van der Waals surface area (Å²) in [6.07, 6.45) is 0.618. The van der Waals surface area contributed by atoms with Crippen LogP contribution in [0.1, 0.15) is 5.56 Å². The summed E-state index contributed by atoms with van der Waals surface area (Å²) in [5.41, 5.74) is 1.11. The third kappa shape index (κ3) is 3.07. The van der Waals surface area contributed by atoms with Crippen molar-refractivity contribution >= 4 is 20.6 Å². The maximum absolute atomic E-state index is 12.0. The van der Waals surface area contributed by atoms with Gasteiger partial charge in [-0.05, 0) is 29.5 Å². The van der Waals surface area contributed by atoms with E-state index in [-0.39, 0.29) is 5.75 Å².